The summed E-state index contributed by atoms with van der Waals surface area (Å²) in [7, 11) is 0. The van der Waals surface area contributed by atoms with Gasteiger partial charge < -0.3 is 8.83 Å². The van der Waals surface area contributed by atoms with Gasteiger partial charge in [-0.1, -0.05) is 54.6 Å². The number of hydrogen-bond donors (Lipinski definition) is 0. The lowest BCUT2D eigenvalue weighted by Gasteiger charge is -2.22. The zero-order chi connectivity index (χ0) is 31.3. The van der Waals surface area contributed by atoms with Gasteiger partial charge in [-0.3, -0.25) is 9.98 Å². The minimum absolute atomic E-state index is 0.341. The molecule has 0 fully saturated rings. The van der Waals surface area contributed by atoms with Gasteiger partial charge in [-0.15, -0.1) is 0 Å². The average molecular weight is 597 g/mol. The average Bonchev–Trinajstić information content (AvgIpc) is 3.68. The van der Waals surface area contributed by atoms with Crippen LogP contribution in [-0.4, -0.2) is 20.7 Å². The standard InChI is InChI=1S/C20H22N2O.C19H18N2O/c1-5-21-19(13(2)3)15-9-10-18-17(12-15)22-20(23-18)16-8-6-7-14(4)11-16;1-13-5-4-6-15(11-13)19-21-17-12-14(8-9-18(17)22-19)16-7-2-3-10-20-16/h5-8,11,15H,1-2,9-10,12H2,3-4H3;2-7,10-11,14H,8-9,12H2,1H3. The summed E-state index contributed by atoms with van der Waals surface area (Å²) in [6, 6.07) is 22.7. The summed E-state index contributed by atoms with van der Waals surface area (Å²) in [6.45, 7) is 13.9. The summed E-state index contributed by atoms with van der Waals surface area (Å²) in [5.74, 6) is 4.31. The third-order valence-corrected chi connectivity index (χ3v) is 8.57. The molecule has 0 aliphatic heterocycles. The molecule has 2 unspecified atom stereocenters. The highest BCUT2D eigenvalue weighted by Gasteiger charge is 2.28. The minimum Gasteiger partial charge on any atom is -0.441 e. The maximum Gasteiger partial charge on any atom is 0.226 e. The maximum absolute atomic E-state index is 6.00. The Morgan fingerprint density at radius 2 is 1.44 bits per heavy atom. The molecular formula is C39H40N4O2. The molecule has 0 N–H and O–H groups in total. The number of nitrogens with zero attached hydrogens (tertiary/aromatic N) is 4. The number of fused-ring (bicyclic) bond motifs is 2. The fourth-order valence-corrected chi connectivity index (χ4v) is 6.33. The molecule has 6 heteroatoms. The first kappa shape index (κ1) is 30.2. The lowest BCUT2D eigenvalue weighted by Crippen LogP contribution is -2.23. The van der Waals surface area contributed by atoms with E-state index >= 15 is 0 Å². The Kier molecular flexibility index (Phi) is 9.01. The van der Waals surface area contributed by atoms with Crippen molar-refractivity contribution in [3.8, 4) is 22.9 Å². The number of aromatic nitrogens is 3. The van der Waals surface area contributed by atoms with Gasteiger partial charge in [-0.2, -0.15) is 0 Å². The van der Waals surface area contributed by atoms with E-state index in [1.165, 1.54) is 11.1 Å². The van der Waals surface area contributed by atoms with Crippen molar-refractivity contribution in [1.82, 2.24) is 15.0 Å². The molecule has 3 aromatic heterocycles. The minimum atomic E-state index is 0.341. The van der Waals surface area contributed by atoms with Crippen molar-refractivity contribution in [2.75, 3.05) is 0 Å². The number of rotatable bonds is 6. The van der Waals surface area contributed by atoms with E-state index in [0.717, 1.165) is 101 Å². The van der Waals surface area contributed by atoms with Crippen LogP contribution >= 0.6 is 0 Å². The summed E-state index contributed by atoms with van der Waals surface area (Å²) in [4.78, 5) is 18.4. The van der Waals surface area contributed by atoms with E-state index in [0.29, 0.717) is 11.8 Å². The maximum atomic E-state index is 6.00. The van der Waals surface area contributed by atoms with Crippen LogP contribution in [0.2, 0.25) is 0 Å². The zero-order valence-corrected chi connectivity index (χ0v) is 26.4. The number of oxazole rings is 2. The van der Waals surface area contributed by atoms with Gasteiger partial charge in [0.25, 0.3) is 0 Å². The number of pyridine rings is 1. The van der Waals surface area contributed by atoms with E-state index in [2.05, 4.69) is 79.4 Å². The Balaban J connectivity index is 0.000000159. The van der Waals surface area contributed by atoms with Gasteiger partial charge >= 0.3 is 0 Å². The summed E-state index contributed by atoms with van der Waals surface area (Å²) in [5, 5.41) is 0. The van der Waals surface area contributed by atoms with Crippen LogP contribution in [0.3, 0.4) is 0 Å². The largest absolute Gasteiger partial charge is 0.441 e. The molecule has 0 saturated heterocycles. The molecule has 228 valence electrons. The third-order valence-electron chi connectivity index (χ3n) is 8.57. The van der Waals surface area contributed by atoms with Gasteiger partial charge in [0, 0.05) is 72.4 Å². The molecular weight excluding hydrogens is 556 g/mol. The first-order valence-corrected chi connectivity index (χ1v) is 15.7. The molecule has 2 aromatic carbocycles. The lowest BCUT2D eigenvalue weighted by atomic mass is 9.84. The Labute approximate surface area is 265 Å². The topological polar surface area (TPSA) is 77.3 Å². The van der Waals surface area contributed by atoms with Gasteiger partial charge in [0.05, 0.1) is 11.4 Å². The van der Waals surface area contributed by atoms with E-state index in [1.807, 2.05) is 37.4 Å². The van der Waals surface area contributed by atoms with Gasteiger partial charge in [-0.25, -0.2) is 9.97 Å². The highest BCUT2D eigenvalue weighted by Crippen LogP contribution is 2.35. The molecule has 0 radical (unpaired) electrons. The Morgan fingerprint density at radius 1 is 0.822 bits per heavy atom. The molecule has 2 aliphatic rings. The number of hydrogen-bond acceptors (Lipinski definition) is 6. The molecule has 45 heavy (non-hydrogen) atoms. The molecule has 6 nitrogen and oxygen atoms in total. The van der Waals surface area contributed by atoms with Crippen molar-refractivity contribution in [2.24, 2.45) is 10.9 Å². The molecule has 3 heterocycles. The van der Waals surface area contributed by atoms with E-state index in [9.17, 15) is 0 Å². The van der Waals surface area contributed by atoms with Crippen LogP contribution in [0.15, 0.2) is 112 Å². The predicted octanol–water partition coefficient (Wildman–Crippen LogP) is 9.23. The SMILES string of the molecule is C=CN=C(C(=C)C)C1CCc2oc(-c3cccc(C)c3)nc2C1.Cc1cccc(-c2nc3c(o2)CCC(c2ccccn2)C3)c1. The molecule has 5 aromatic rings. The summed E-state index contributed by atoms with van der Waals surface area (Å²) >= 11 is 0. The fraction of sp³-hybridized carbons (Fsp3) is 0.282. The number of aliphatic imine (C=N–C) groups is 1. The van der Waals surface area contributed by atoms with Crippen LogP contribution in [0.1, 0.15) is 65.4 Å². The van der Waals surface area contributed by atoms with Crippen molar-refractivity contribution < 1.29 is 8.83 Å². The van der Waals surface area contributed by atoms with Crippen molar-refractivity contribution in [3.63, 3.8) is 0 Å². The van der Waals surface area contributed by atoms with E-state index in [1.54, 1.807) is 6.20 Å². The second-order valence-electron chi connectivity index (χ2n) is 12.1. The smallest absolute Gasteiger partial charge is 0.226 e. The van der Waals surface area contributed by atoms with Crippen molar-refractivity contribution in [3.05, 3.63) is 138 Å². The molecule has 0 amide bonds. The number of benzene rings is 2. The number of allylic oxidation sites excluding steroid dienone is 1. The Morgan fingerprint density at radius 3 is 2.00 bits per heavy atom. The Hall–Kier alpha value is -4.84. The molecule has 0 bridgehead atoms. The summed E-state index contributed by atoms with van der Waals surface area (Å²) in [6.07, 6.45) is 9.15. The first-order valence-electron chi connectivity index (χ1n) is 15.7. The molecule has 7 rings (SSSR count). The zero-order valence-electron chi connectivity index (χ0n) is 26.4. The van der Waals surface area contributed by atoms with Gasteiger partial charge in [0.1, 0.15) is 11.5 Å². The molecule has 0 spiro atoms. The highest BCUT2D eigenvalue weighted by molar-refractivity contribution is 6.01. The van der Waals surface area contributed by atoms with Gasteiger partial charge in [0.2, 0.25) is 11.8 Å². The third kappa shape index (κ3) is 6.96. The molecule has 2 aliphatic carbocycles. The van der Waals surface area contributed by atoms with Crippen molar-refractivity contribution >= 4 is 5.71 Å². The second kappa shape index (κ2) is 13.4. The van der Waals surface area contributed by atoms with Crippen molar-refractivity contribution in [1.29, 1.82) is 0 Å². The van der Waals surface area contributed by atoms with Crippen LogP contribution in [0, 0.1) is 19.8 Å². The van der Waals surface area contributed by atoms with Crippen molar-refractivity contribution in [2.45, 2.75) is 65.2 Å². The van der Waals surface area contributed by atoms with Crippen LogP contribution in [-0.2, 0) is 25.7 Å². The van der Waals surface area contributed by atoms with E-state index in [-0.39, 0.29) is 0 Å². The monoisotopic (exact) mass is 596 g/mol. The molecule has 0 saturated carbocycles. The summed E-state index contributed by atoms with van der Waals surface area (Å²) in [5.41, 5.74) is 9.87. The van der Waals surface area contributed by atoms with Crippen LogP contribution in [0.4, 0.5) is 0 Å². The Bertz CT molecular complexity index is 1850. The van der Waals surface area contributed by atoms with Gasteiger partial charge in [-0.05, 0) is 75.6 Å². The van der Waals surface area contributed by atoms with Crippen LogP contribution in [0.25, 0.3) is 22.9 Å². The van der Waals surface area contributed by atoms with Crippen LogP contribution < -0.4 is 0 Å². The fourth-order valence-electron chi connectivity index (χ4n) is 6.33. The van der Waals surface area contributed by atoms with Gasteiger partial charge in [0.15, 0.2) is 0 Å². The highest BCUT2D eigenvalue weighted by atomic mass is 16.4. The lowest BCUT2D eigenvalue weighted by molar-refractivity contribution is 0.461. The molecule has 2 atom stereocenters. The quantitative estimate of drug-likeness (QED) is 0.183. The summed E-state index contributed by atoms with van der Waals surface area (Å²) < 4.78 is 12.0. The first-order chi connectivity index (χ1) is 21.9. The van der Waals surface area contributed by atoms with E-state index < -0.39 is 0 Å². The van der Waals surface area contributed by atoms with Crippen LogP contribution in [0.5, 0.6) is 0 Å². The second-order valence-corrected chi connectivity index (χ2v) is 12.1. The van der Waals surface area contributed by atoms with E-state index in [4.69, 9.17) is 18.8 Å². The predicted molar refractivity (Wildman–Crippen MR) is 180 cm³/mol. The normalized spacial score (nSPS) is 17.4. The number of aryl methyl sites for hydroxylation is 4.